The third kappa shape index (κ3) is 2.66. The molecule has 1 N–H and O–H groups in total. The van der Waals surface area contributed by atoms with Gasteiger partial charge in [-0.15, -0.1) is 0 Å². The summed E-state index contributed by atoms with van der Waals surface area (Å²) in [4.78, 5) is 2.84. The standard InChI is InChI=1S/C14H26N2S/c1-14(6-7-15-10-14)11-16-8-9-17-13-5-3-2-4-12(13)16/h12-13,15H,2-11H2,1H3. The maximum absolute atomic E-state index is 3.54. The normalized spacial score (nSPS) is 43.6. The molecule has 2 heterocycles. The minimum atomic E-state index is 0.546. The molecule has 2 saturated heterocycles. The lowest BCUT2D eigenvalue weighted by Crippen LogP contribution is -2.52. The van der Waals surface area contributed by atoms with Crippen molar-refractivity contribution < 1.29 is 0 Å². The molecular formula is C14H26N2S. The number of fused-ring (bicyclic) bond motifs is 1. The van der Waals surface area contributed by atoms with Crippen LogP contribution in [0.1, 0.15) is 39.0 Å². The summed E-state index contributed by atoms with van der Waals surface area (Å²) in [5, 5.41) is 4.50. The van der Waals surface area contributed by atoms with E-state index >= 15 is 0 Å². The molecule has 2 nitrogen and oxygen atoms in total. The SMILES string of the molecule is CC1(CN2CCSC3CCCCC32)CCNC1. The van der Waals surface area contributed by atoms with Crippen LogP contribution in [-0.2, 0) is 0 Å². The lowest BCUT2D eigenvalue weighted by molar-refractivity contribution is 0.109. The minimum absolute atomic E-state index is 0.546. The Morgan fingerprint density at radius 3 is 3.06 bits per heavy atom. The van der Waals surface area contributed by atoms with E-state index < -0.39 is 0 Å². The third-order valence-electron chi connectivity index (χ3n) is 4.89. The van der Waals surface area contributed by atoms with Crippen molar-refractivity contribution >= 4 is 11.8 Å². The average Bonchev–Trinajstić information content (AvgIpc) is 2.76. The fraction of sp³-hybridized carbons (Fsp3) is 1.00. The fourth-order valence-corrected chi connectivity index (χ4v) is 5.37. The molecule has 1 saturated carbocycles. The van der Waals surface area contributed by atoms with Crippen molar-refractivity contribution in [1.82, 2.24) is 10.2 Å². The highest BCUT2D eigenvalue weighted by Crippen LogP contribution is 2.37. The zero-order chi connectivity index (χ0) is 11.7. The number of nitrogens with zero attached hydrogens (tertiary/aromatic N) is 1. The molecule has 1 aliphatic carbocycles. The Bertz CT molecular complexity index is 261. The Kier molecular flexibility index (Phi) is 3.69. The van der Waals surface area contributed by atoms with Gasteiger partial charge in [-0.3, -0.25) is 4.90 Å². The molecule has 3 unspecified atom stereocenters. The first kappa shape index (κ1) is 12.3. The highest BCUT2D eigenvalue weighted by atomic mass is 32.2. The lowest BCUT2D eigenvalue weighted by Gasteiger charge is -2.46. The van der Waals surface area contributed by atoms with Crippen LogP contribution in [0, 0.1) is 5.41 Å². The summed E-state index contributed by atoms with van der Waals surface area (Å²) in [6, 6.07) is 0.903. The molecule has 0 aromatic carbocycles. The van der Waals surface area contributed by atoms with Gasteiger partial charge in [-0.1, -0.05) is 19.8 Å². The van der Waals surface area contributed by atoms with Gasteiger partial charge in [-0.2, -0.15) is 11.8 Å². The summed E-state index contributed by atoms with van der Waals surface area (Å²) in [5.74, 6) is 1.37. The van der Waals surface area contributed by atoms with Crippen LogP contribution >= 0.6 is 11.8 Å². The Labute approximate surface area is 110 Å². The maximum Gasteiger partial charge on any atom is 0.0215 e. The molecule has 3 fully saturated rings. The molecule has 0 spiro atoms. The molecule has 3 atom stereocenters. The predicted molar refractivity (Wildman–Crippen MR) is 75.7 cm³/mol. The van der Waals surface area contributed by atoms with Crippen molar-refractivity contribution in [2.45, 2.75) is 50.3 Å². The summed E-state index contributed by atoms with van der Waals surface area (Å²) in [5.41, 5.74) is 0.546. The molecule has 0 bridgehead atoms. The Morgan fingerprint density at radius 2 is 2.24 bits per heavy atom. The van der Waals surface area contributed by atoms with Crippen molar-refractivity contribution in [3.63, 3.8) is 0 Å². The highest BCUT2D eigenvalue weighted by molar-refractivity contribution is 8.00. The number of rotatable bonds is 2. The van der Waals surface area contributed by atoms with Gasteiger partial charge in [0.15, 0.2) is 0 Å². The van der Waals surface area contributed by atoms with Gasteiger partial charge in [-0.25, -0.2) is 0 Å². The first-order valence-corrected chi connectivity index (χ1v) is 8.38. The van der Waals surface area contributed by atoms with Crippen LogP contribution in [0.5, 0.6) is 0 Å². The fourth-order valence-electron chi connectivity index (χ4n) is 3.87. The lowest BCUT2D eigenvalue weighted by atomic mass is 9.86. The van der Waals surface area contributed by atoms with E-state index in [9.17, 15) is 0 Å². The highest BCUT2D eigenvalue weighted by Gasteiger charge is 2.38. The summed E-state index contributed by atoms with van der Waals surface area (Å²) in [6.07, 6.45) is 7.24. The van der Waals surface area contributed by atoms with E-state index in [1.807, 2.05) is 0 Å². The summed E-state index contributed by atoms with van der Waals surface area (Å²) < 4.78 is 0. The monoisotopic (exact) mass is 254 g/mol. The molecule has 0 amide bonds. The van der Waals surface area contributed by atoms with Crippen LogP contribution in [0.3, 0.4) is 0 Å². The molecular weight excluding hydrogens is 228 g/mol. The molecule has 17 heavy (non-hydrogen) atoms. The zero-order valence-electron chi connectivity index (χ0n) is 11.1. The van der Waals surface area contributed by atoms with Gasteiger partial charge in [0.1, 0.15) is 0 Å². The van der Waals surface area contributed by atoms with Gasteiger partial charge in [0.2, 0.25) is 0 Å². The Hall–Kier alpha value is 0.270. The number of hydrogen-bond donors (Lipinski definition) is 1. The number of nitrogens with one attached hydrogen (secondary N) is 1. The second-order valence-electron chi connectivity index (χ2n) is 6.47. The van der Waals surface area contributed by atoms with Gasteiger partial charge >= 0.3 is 0 Å². The van der Waals surface area contributed by atoms with Gasteiger partial charge in [0.25, 0.3) is 0 Å². The predicted octanol–water partition coefficient (Wildman–Crippen LogP) is 2.35. The molecule has 2 aliphatic heterocycles. The Balaban J connectivity index is 1.64. The summed E-state index contributed by atoms with van der Waals surface area (Å²) in [6.45, 7) is 7.61. The van der Waals surface area contributed by atoms with Crippen molar-refractivity contribution in [1.29, 1.82) is 0 Å². The van der Waals surface area contributed by atoms with Gasteiger partial charge in [0.05, 0.1) is 0 Å². The van der Waals surface area contributed by atoms with E-state index in [0.29, 0.717) is 5.41 Å². The van der Waals surface area contributed by atoms with E-state index in [-0.39, 0.29) is 0 Å². The minimum Gasteiger partial charge on any atom is -0.316 e. The first-order chi connectivity index (χ1) is 8.27. The second-order valence-corrected chi connectivity index (χ2v) is 7.82. The van der Waals surface area contributed by atoms with Crippen LogP contribution < -0.4 is 5.32 Å². The largest absolute Gasteiger partial charge is 0.316 e. The van der Waals surface area contributed by atoms with Crippen molar-refractivity contribution in [3.05, 3.63) is 0 Å². The number of hydrogen-bond acceptors (Lipinski definition) is 3. The molecule has 3 heteroatoms. The quantitative estimate of drug-likeness (QED) is 0.814. The molecule has 3 rings (SSSR count). The van der Waals surface area contributed by atoms with E-state index in [1.165, 1.54) is 64.0 Å². The van der Waals surface area contributed by atoms with Crippen LogP contribution in [0.2, 0.25) is 0 Å². The average molecular weight is 254 g/mol. The van der Waals surface area contributed by atoms with Crippen molar-refractivity contribution in [2.24, 2.45) is 5.41 Å². The van der Waals surface area contributed by atoms with Crippen molar-refractivity contribution in [2.75, 3.05) is 31.9 Å². The zero-order valence-corrected chi connectivity index (χ0v) is 11.9. The Morgan fingerprint density at radius 1 is 1.35 bits per heavy atom. The van der Waals surface area contributed by atoms with E-state index in [2.05, 4.69) is 28.9 Å². The number of thioether (sulfide) groups is 1. The topological polar surface area (TPSA) is 15.3 Å². The molecule has 0 aromatic rings. The van der Waals surface area contributed by atoms with Crippen LogP contribution in [0.25, 0.3) is 0 Å². The summed E-state index contributed by atoms with van der Waals surface area (Å²) >= 11 is 2.25. The maximum atomic E-state index is 3.54. The molecule has 98 valence electrons. The van der Waals surface area contributed by atoms with E-state index in [1.54, 1.807) is 0 Å². The van der Waals surface area contributed by atoms with Gasteiger partial charge in [0, 0.05) is 36.7 Å². The van der Waals surface area contributed by atoms with Gasteiger partial charge < -0.3 is 5.32 Å². The second kappa shape index (κ2) is 5.10. The molecule has 0 aromatic heterocycles. The van der Waals surface area contributed by atoms with Crippen molar-refractivity contribution in [3.8, 4) is 0 Å². The van der Waals surface area contributed by atoms with Gasteiger partial charge in [-0.05, 0) is 31.2 Å². The van der Waals surface area contributed by atoms with E-state index in [0.717, 1.165) is 11.3 Å². The third-order valence-corrected chi connectivity index (χ3v) is 6.29. The van der Waals surface area contributed by atoms with E-state index in [4.69, 9.17) is 0 Å². The molecule has 0 radical (unpaired) electrons. The van der Waals surface area contributed by atoms with Crippen LogP contribution in [0.4, 0.5) is 0 Å². The summed E-state index contributed by atoms with van der Waals surface area (Å²) in [7, 11) is 0. The van der Waals surface area contributed by atoms with Crippen LogP contribution in [0.15, 0.2) is 0 Å². The molecule has 3 aliphatic rings. The first-order valence-electron chi connectivity index (χ1n) is 7.33. The smallest absolute Gasteiger partial charge is 0.0215 e. The van der Waals surface area contributed by atoms with Crippen LogP contribution in [-0.4, -0.2) is 48.1 Å².